The summed E-state index contributed by atoms with van der Waals surface area (Å²) in [5.74, 6) is 0.192. The molecule has 122 valence electrons. The largest absolute Gasteiger partial charge is 0.347 e. The number of amides is 1. The minimum Gasteiger partial charge on any atom is -0.347 e. The minimum atomic E-state index is -0.0761. The first-order valence-corrected chi connectivity index (χ1v) is 8.98. The molecule has 0 unspecified atom stereocenters. The van der Waals surface area contributed by atoms with Crippen molar-refractivity contribution in [2.75, 3.05) is 13.1 Å². The van der Waals surface area contributed by atoms with Gasteiger partial charge in [-0.2, -0.15) is 0 Å². The van der Waals surface area contributed by atoms with E-state index in [0.717, 1.165) is 40.7 Å². The third kappa shape index (κ3) is 3.74. The Morgan fingerprint density at radius 1 is 1.43 bits per heavy atom. The minimum absolute atomic E-state index is 0.0761. The number of aromatic nitrogens is 1. The Balaban J connectivity index is 1.74. The Morgan fingerprint density at radius 2 is 2.17 bits per heavy atom. The summed E-state index contributed by atoms with van der Waals surface area (Å²) in [6.45, 7) is 5.74. The van der Waals surface area contributed by atoms with E-state index in [0.29, 0.717) is 5.02 Å². The summed E-state index contributed by atoms with van der Waals surface area (Å²) in [6.07, 6.45) is 0.908. The number of hydrogen-bond acceptors (Lipinski definition) is 4. The van der Waals surface area contributed by atoms with Crippen LogP contribution < -0.4 is 10.6 Å². The number of benzene rings is 1. The standard InChI is InChI=1S/C17H20ClN3OS/c1-10(20-16(22)13-7-8-19-9-13)17-21-15(11(2)23-17)12-3-5-14(18)6-4-12/h3-6,10,13,19H,7-9H2,1-2H3,(H,20,22)/t10-,13-/m1/s1. The summed E-state index contributed by atoms with van der Waals surface area (Å²) < 4.78 is 0. The molecule has 6 heteroatoms. The Bertz CT molecular complexity index is 692. The maximum Gasteiger partial charge on any atom is 0.224 e. The third-order valence-electron chi connectivity index (χ3n) is 4.09. The van der Waals surface area contributed by atoms with E-state index >= 15 is 0 Å². The Kier molecular flexibility index (Phi) is 4.99. The zero-order valence-corrected chi connectivity index (χ0v) is 14.8. The number of rotatable bonds is 4. The van der Waals surface area contributed by atoms with E-state index in [9.17, 15) is 4.79 Å². The highest BCUT2D eigenvalue weighted by Crippen LogP contribution is 2.31. The van der Waals surface area contributed by atoms with Gasteiger partial charge in [-0.1, -0.05) is 23.7 Å². The van der Waals surface area contributed by atoms with Gasteiger partial charge in [0, 0.05) is 22.0 Å². The number of carbonyl (C=O) groups excluding carboxylic acids is 1. The van der Waals surface area contributed by atoms with Crippen LogP contribution in [0.25, 0.3) is 11.3 Å². The van der Waals surface area contributed by atoms with Gasteiger partial charge in [0.25, 0.3) is 0 Å². The number of nitrogens with one attached hydrogen (secondary N) is 2. The summed E-state index contributed by atoms with van der Waals surface area (Å²) in [5, 5.41) is 7.96. The third-order valence-corrected chi connectivity index (χ3v) is 5.50. The monoisotopic (exact) mass is 349 g/mol. The molecule has 0 bridgehead atoms. The van der Waals surface area contributed by atoms with Crippen molar-refractivity contribution >= 4 is 28.8 Å². The van der Waals surface area contributed by atoms with Crippen LogP contribution in [0.5, 0.6) is 0 Å². The van der Waals surface area contributed by atoms with E-state index in [1.165, 1.54) is 0 Å². The lowest BCUT2D eigenvalue weighted by molar-refractivity contribution is -0.125. The topological polar surface area (TPSA) is 54.0 Å². The smallest absolute Gasteiger partial charge is 0.224 e. The van der Waals surface area contributed by atoms with E-state index in [1.807, 2.05) is 31.2 Å². The maximum atomic E-state index is 12.2. The number of thiazole rings is 1. The normalized spacial score (nSPS) is 18.8. The molecule has 0 saturated carbocycles. The molecule has 3 rings (SSSR count). The van der Waals surface area contributed by atoms with Gasteiger partial charge in [-0.15, -0.1) is 11.3 Å². The van der Waals surface area contributed by atoms with Gasteiger partial charge in [0.05, 0.1) is 17.7 Å². The van der Waals surface area contributed by atoms with Gasteiger partial charge in [-0.25, -0.2) is 4.98 Å². The van der Waals surface area contributed by atoms with Gasteiger partial charge in [0.2, 0.25) is 5.91 Å². The fourth-order valence-corrected chi connectivity index (χ4v) is 3.82. The highest BCUT2D eigenvalue weighted by atomic mass is 35.5. The molecule has 2 aromatic rings. The van der Waals surface area contributed by atoms with Crippen LogP contribution in [-0.4, -0.2) is 24.0 Å². The quantitative estimate of drug-likeness (QED) is 0.887. The fourth-order valence-electron chi connectivity index (χ4n) is 2.75. The highest BCUT2D eigenvalue weighted by molar-refractivity contribution is 7.12. The van der Waals surface area contributed by atoms with Crippen LogP contribution in [0.4, 0.5) is 0 Å². The predicted molar refractivity (Wildman–Crippen MR) is 94.8 cm³/mol. The second kappa shape index (κ2) is 6.99. The first-order chi connectivity index (χ1) is 11.0. The van der Waals surface area contributed by atoms with Crippen molar-refractivity contribution in [2.24, 2.45) is 5.92 Å². The maximum absolute atomic E-state index is 12.2. The van der Waals surface area contributed by atoms with Crippen LogP contribution in [0.1, 0.15) is 29.3 Å². The Labute approximate surface area is 145 Å². The number of hydrogen-bond donors (Lipinski definition) is 2. The van der Waals surface area contributed by atoms with E-state index in [2.05, 4.69) is 17.6 Å². The average Bonchev–Trinajstić information content (AvgIpc) is 3.17. The second-order valence-electron chi connectivity index (χ2n) is 5.88. The Morgan fingerprint density at radius 3 is 2.83 bits per heavy atom. The van der Waals surface area contributed by atoms with E-state index in [-0.39, 0.29) is 17.9 Å². The van der Waals surface area contributed by atoms with Crippen LogP contribution in [0.2, 0.25) is 5.02 Å². The molecule has 1 aromatic carbocycles. The molecule has 1 aliphatic heterocycles. The lowest BCUT2D eigenvalue weighted by Gasteiger charge is -2.14. The Hall–Kier alpha value is -1.43. The molecule has 1 amide bonds. The highest BCUT2D eigenvalue weighted by Gasteiger charge is 2.25. The fraction of sp³-hybridized carbons (Fsp3) is 0.412. The van der Waals surface area contributed by atoms with Crippen molar-refractivity contribution in [1.29, 1.82) is 0 Å². The van der Waals surface area contributed by atoms with E-state index in [4.69, 9.17) is 16.6 Å². The molecule has 0 radical (unpaired) electrons. The summed E-state index contributed by atoms with van der Waals surface area (Å²) in [7, 11) is 0. The van der Waals surface area contributed by atoms with E-state index < -0.39 is 0 Å². The molecule has 0 spiro atoms. The lowest BCUT2D eigenvalue weighted by Crippen LogP contribution is -2.33. The van der Waals surface area contributed by atoms with Gasteiger partial charge in [-0.3, -0.25) is 4.79 Å². The van der Waals surface area contributed by atoms with Gasteiger partial charge in [0.1, 0.15) is 5.01 Å². The van der Waals surface area contributed by atoms with Crippen molar-refractivity contribution < 1.29 is 4.79 Å². The van der Waals surface area contributed by atoms with Crippen LogP contribution in [-0.2, 0) is 4.79 Å². The molecular weight excluding hydrogens is 330 g/mol. The van der Waals surface area contributed by atoms with Gasteiger partial charge < -0.3 is 10.6 Å². The number of halogens is 1. The number of aryl methyl sites for hydroxylation is 1. The van der Waals surface area contributed by atoms with Crippen molar-refractivity contribution in [3.63, 3.8) is 0 Å². The summed E-state index contributed by atoms with van der Waals surface area (Å²) in [6, 6.07) is 7.61. The van der Waals surface area contributed by atoms with Crippen molar-refractivity contribution in [1.82, 2.24) is 15.6 Å². The molecular formula is C17H20ClN3OS. The first-order valence-electron chi connectivity index (χ1n) is 7.79. The van der Waals surface area contributed by atoms with Crippen LogP contribution in [0.15, 0.2) is 24.3 Å². The molecule has 1 saturated heterocycles. The first kappa shape index (κ1) is 16.4. The molecule has 1 fully saturated rings. The van der Waals surface area contributed by atoms with Gasteiger partial charge in [0.15, 0.2) is 0 Å². The lowest BCUT2D eigenvalue weighted by atomic mass is 10.1. The average molecular weight is 350 g/mol. The summed E-state index contributed by atoms with van der Waals surface area (Å²) in [4.78, 5) is 18.1. The van der Waals surface area contributed by atoms with Crippen LogP contribution >= 0.6 is 22.9 Å². The summed E-state index contributed by atoms with van der Waals surface area (Å²) >= 11 is 7.58. The van der Waals surface area contributed by atoms with Crippen LogP contribution in [0.3, 0.4) is 0 Å². The number of nitrogens with zero attached hydrogens (tertiary/aromatic N) is 1. The molecule has 1 aromatic heterocycles. The molecule has 23 heavy (non-hydrogen) atoms. The molecule has 2 atom stereocenters. The van der Waals surface area contributed by atoms with E-state index in [1.54, 1.807) is 11.3 Å². The molecule has 2 heterocycles. The zero-order chi connectivity index (χ0) is 16.4. The van der Waals surface area contributed by atoms with Crippen molar-refractivity contribution in [3.8, 4) is 11.3 Å². The molecule has 4 nitrogen and oxygen atoms in total. The SMILES string of the molecule is Cc1sc([C@@H](C)NC(=O)[C@@H]2CCNC2)nc1-c1ccc(Cl)cc1. The van der Waals surface area contributed by atoms with Crippen molar-refractivity contribution in [3.05, 3.63) is 39.2 Å². The van der Waals surface area contributed by atoms with Crippen LogP contribution in [0, 0.1) is 12.8 Å². The molecule has 2 N–H and O–H groups in total. The molecule has 0 aliphatic carbocycles. The van der Waals surface area contributed by atoms with Gasteiger partial charge in [-0.05, 0) is 38.9 Å². The van der Waals surface area contributed by atoms with Crippen molar-refractivity contribution in [2.45, 2.75) is 26.3 Å². The summed E-state index contributed by atoms with van der Waals surface area (Å²) in [5.41, 5.74) is 2.01. The number of carbonyl (C=O) groups is 1. The van der Waals surface area contributed by atoms with Gasteiger partial charge >= 0.3 is 0 Å². The molecule has 1 aliphatic rings. The predicted octanol–water partition coefficient (Wildman–Crippen LogP) is 3.56. The second-order valence-corrected chi connectivity index (χ2v) is 7.55. The zero-order valence-electron chi connectivity index (χ0n) is 13.2.